The molecule has 0 bridgehead atoms. The van der Waals surface area contributed by atoms with E-state index in [0.29, 0.717) is 11.3 Å². The average molecular weight is 410 g/mol. The molecule has 0 aromatic heterocycles. The van der Waals surface area contributed by atoms with Gasteiger partial charge in [0, 0.05) is 6.07 Å². The summed E-state index contributed by atoms with van der Waals surface area (Å²) in [5, 5.41) is 2.71. The number of amides is 1. The van der Waals surface area contributed by atoms with Gasteiger partial charge in [-0.1, -0.05) is 12.1 Å². The van der Waals surface area contributed by atoms with Crippen LogP contribution in [0.2, 0.25) is 0 Å². The molecule has 28 heavy (non-hydrogen) atoms. The second kappa shape index (κ2) is 8.92. The third-order valence-corrected chi connectivity index (χ3v) is 5.22. The molecule has 9 heteroatoms. The molecule has 0 saturated carbocycles. The normalized spacial score (nSPS) is 12.2. The number of anilines is 1. The van der Waals surface area contributed by atoms with Crippen LogP contribution in [0.25, 0.3) is 0 Å². The monoisotopic (exact) mass is 410 g/mol. The van der Waals surface area contributed by atoms with Gasteiger partial charge in [0.2, 0.25) is 15.9 Å². The van der Waals surface area contributed by atoms with Crippen LogP contribution >= 0.6 is 0 Å². The average Bonchev–Trinajstić information content (AvgIpc) is 2.65. The van der Waals surface area contributed by atoms with Crippen LogP contribution in [0.1, 0.15) is 18.5 Å². The molecule has 152 valence electrons. The minimum atomic E-state index is -3.77. The van der Waals surface area contributed by atoms with Crippen LogP contribution in [-0.2, 0) is 14.8 Å². The highest BCUT2D eigenvalue weighted by atomic mass is 32.2. The molecule has 0 saturated heterocycles. The van der Waals surface area contributed by atoms with Crippen LogP contribution in [0.15, 0.2) is 42.5 Å². The minimum Gasteiger partial charge on any atom is -0.497 e. The number of hydrogen-bond acceptors (Lipinski definition) is 5. The smallest absolute Gasteiger partial charge is 0.241 e. The number of ether oxygens (including phenoxy) is 2. The van der Waals surface area contributed by atoms with Gasteiger partial charge in [0.25, 0.3) is 0 Å². The SMILES string of the molecule is COc1ccc(N(CC(=O)NC(C)c2ccc(F)cc2)S(C)(=O)=O)c(OC)c1. The summed E-state index contributed by atoms with van der Waals surface area (Å²) in [5.74, 6) is -0.148. The quantitative estimate of drug-likeness (QED) is 0.723. The lowest BCUT2D eigenvalue weighted by Crippen LogP contribution is -2.41. The number of sulfonamides is 1. The lowest BCUT2D eigenvalue weighted by Gasteiger charge is -2.25. The van der Waals surface area contributed by atoms with E-state index in [0.717, 1.165) is 10.6 Å². The van der Waals surface area contributed by atoms with Gasteiger partial charge in [-0.2, -0.15) is 0 Å². The zero-order valence-corrected chi connectivity index (χ0v) is 16.9. The minimum absolute atomic E-state index is 0.218. The summed E-state index contributed by atoms with van der Waals surface area (Å²) in [6.45, 7) is 1.29. The first-order valence-corrected chi connectivity index (χ1v) is 10.2. The fourth-order valence-electron chi connectivity index (χ4n) is 2.62. The van der Waals surface area contributed by atoms with Crippen molar-refractivity contribution in [3.8, 4) is 11.5 Å². The molecule has 1 N–H and O–H groups in total. The first-order chi connectivity index (χ1) is 13.2. The van der Waals surface area contributed by atoms with E-state index >= 15 is 0 Å². The Morgan fingerprint density at radius 3 is 2.32 bits per heavy atom. The molecule has 0 fully saturated rings. The number of hydrogen-bond donors (Lipinski definition) is 1. The number of halogens is 1. The van der Waals surface area contributed by atoms with Crippen LogP contribution in [0.3, 0.4) is 0 Å². The Bertz CT molecular complexity index is 932. The van der Waals surface area contributed by atoms with E-state index in [2.05, 4.69) is 5.32 Å². The molecule has 1 amide bonds. The van der Waals surface area contributed by atoms with E-state index in [9.17, 15) is 17.6 Å². The molecule has 2 aromatic rings. The van der Waals surface area contributed by atoms with Gasteiger partial charge in [0.05, 0.1) is 32.2 Å². The number of methoxy groups -OCH3 is 2. The Balaban J connectivity index is 2.23. The summed E-state index contributed by atoms with van der Waals surface area (Å²) in [4.78, 5) is 12.5. The van der Waals surface area contributed by atoms with Crippen LogP contribution < -0.4 is 19.1 Å². The van der Waals surface area contributed by atoms with E-state index in [1.165, 1.54) is 38.5 Å². The highest BCUT2D eigenvalue weighted by molar-refractivity contribution is 7.92. The molecule has 0 radical (unpaired) electrons. The first-order valence-electron chi connectivity index (χ1n) is 8.40. The summed E-state index contributed by atoms with van der Waals surface area (Å²) in [6, 6.07) is 9.90. The molecule has 1 atom stereocenters. The molecular weight excluding hydrogens is 387 g/mol. The van der Waals surface area contributed by atoms with Crippen molar-refractivity contribution in [2.24, 2.45) is 0 Å². The molecule has 0 aliphatic rings. The zero-order valence-electron chi connectivity index (χ0n) is 16.1. The molecule has 7 nitrogen and oxygen atoms in total. The van der Waals surface area contributed by atoms with Crippen LogP contribution in [0.5, 0.6) is 11.5 Å². The van der Waals surface area contributed by atoms with Crippen molar-refractivity contribution in [3.63, 3.8) is 0 Å². The molecule has 2 aromatic carbocycles. The van der Waals surface area contributed by atoms with Gasteiger partial charge >= 0.3 is 0 Å². The Hall–Kier alpha value is -2.81. The number of carbonyl (C=O) groups excluding carboxylic acids is 1. The maximum atomic E-state index is 13.0. The molecular formula is C19H23FN2O5S. The summed E-state index contributed by atoms with van der Waals surface area (Å²) in [5.41, 5.74) is 0.915. The Morgan fingerprint density at radius 2 is 1.79 bits per heavy atom. The zero-order chi connectivity index (χ0) is 20.9. The van der Waals surface area contributed by atoms with Crippen molar-refractivity contribution in [2.45, 2.75) is 13.0 Å². The van der Waals surface area contributed by atoms with Gasteiger partial charge in [-0.15, -0.1) is 0 Å². The number of nitrogens with zero attached hydrogens (tertiary/aromatic N) is 1. The van der Waals surface area contributed by atoms with Gasteiger partial charge in [0.1, 0.15) is 23.9 Å². The predicted molar refractivity (Wildman–Crippen MR) is 105 cm³/mol. The van der Waals surface area contributed by atoms with E-state index in [1.54, 1.807) is 25.1 Å². The van der Waals surface area contributed by atoms with E-state index in [1.807, 2.05) is 0 Å². The van der Waals surface area contributed by atoms with Crippen LogP contribution in [0.4, 0.5) is 10.1 Å². The first kappa shape index (κ1) is 21.5. The second-order valence-corrected chi connectivity index (χ2v) is 8.05. The van der Waals surface area contributed by atoms with Crippen molar-refractivity contribution < 1.29 is 27.1 Å². The summed E-state index contributed by atoms with van der Waals surface area (Å²) < 4.78 is 49.0. The number of rotatable bonds is 8. The molecule has 1 unspecified atom stereocenters. The van der Waals surface area contributed by atoms with E-state index in [4.69, 9.17) is 9.47 Å². The molecule has 0 aliphatic heterocycles. The van der Waals surface area contributed by atoms with E-state index in [-0.39, 0.29) is 17.3 Å². The standard InChI is InChI=1S/C19H23FN2O5S/c1-13(14-5-7-15(20)8-6-14)21-19(23)12-22(28(4,24)25)17-10-9-16(26-2)11-18(17)27-3/h5-11,13H,12H2,1-4H3,(H,21,23). The largest absolute Gasteiger partial charge is 0.497 e. The van der Waals surface area contributed by atoms with Crippen molar-refractivity contribution in [3.05, 3.63) is 53.8 Å². The summed E-state index contributed by atoms with van der Waals surface area (Å²) in [6.07, 6.45) is 1.01. The fourth-order valence-corrected chi connectivity index (χ4v) is 3.48. The van der Waals surface area contributed by atoms with Gasteiger partial charge < -0.3 is 14.8 Å². The maximum Gasteiger partial charge on any atom is 0.241 e. The van der Waals surface area contributed by atoms with Crippen molar-refractivity contribution in [1.82, 2.24) is 5.32 Å². The Kier molecular flexibility index (Phi) is 6.85. The third kappa shape index (κ3) is 5.35. The highest BCUT2D eigenvalue weighted by Crippen LogP contribution is 2.33. The van der Waals surface area contributed by atoms with E-state index < -0.39 is 28.5 Å². The topological polar surface area (TPSA) is 84.9 Å². The maximum absolute atomic E-state index is 13.0. The number of benzene rings is 2. The van der Waals surface area contributed by atoms with Gasteiger partial charge in [-0.25, -0.2) is 12.8 Å². The van der Waals surface area contributed by atoms with Gasteiger partial charge in [0.15, 0.2) is 0 Å². The lowest BCUT2D eigenvalue weighted by atomic mass is 10.1. The predicted octanol–water partition coefficient (Wildman–Crippen LogP) is 2.49. The molecule has 0 heterocycles. The molecule has 2 rings (SSSR count). The highest BCUT2D eigenvalue weighted by Gasteiger charge is 2.25. The van der Waals surface area contributed by atoms with Crippen molar-refractivity contribution in [2.75, 3.05) is 31.3 Å². The van der Waals surface area contributed by atoms with Crippen LogP contribution in [-0.4, -0.2) is 41.3 Å². The summed E-state index contributed by atoms with van der Waals surface area (Å²) >= 11 is 0. The Morgan fingerprint density at radius 1 is 1.14 bits per heavy atom. The lowest BCUT2D eigenvalue weighted by molar-refractivity contribution is -0.120. The Labute approximate surface area is 164 Å². The second-order valence-electron chi connectivity index (χ2n) is 6.15. The third-order valence-electron chi connectivity index (χ3n) is 4.09. The van der Waals surface area contributed by atoms with Crippen molar-refractivity contribution in [1.29, 1.82) is 0 Å². The number of carbonyl (C=O) groups is 1. The number of nitrogens with one attached hydrogen (secondary N) is 1. The summed E-state index contributed by atoms with van der Waals surface area (Å²) in [7, 11) is -0.892. The van der Waals surface area contributed by atoms with Crippen LogP contribution in [0, 0.1) is 5.82 Å². The fraction of sp³-hybridized carbons (Fsp3) is 0.316. The van der Waals surface area contributed by atoms with Crippen molar-refractivity contribution >= 4 is 21.6 Å². The van der Waals surface area contributed by atoms with Gasteiger partial charge in [-0.05, 0) is 36.8 Å². The molecule has 0 spiro atoms. The molecule has 0 aliphatic carbocycles. The van der Waals surface area contributed by atoms with Gasteiger partial charge in [-0.3, -0.25) is 9.10 Å².